The minimum Gasteiger partial charge on any atom is -0.338 e. The van der Waals surface area contributed by atoms with Crippen LogP contribution in [0.4, 0.5) is 0 Å². The van der Waals surface area contributed by atoms with Crippen LogP contribution in [0.2, 0.25) is 0 Å². The molecular formula is C13H22N2O. The number of hydrogen-bond donors (Lipinski definition) is 1. The highest BCUT2D eigenvalue weighted by atomic mass is 16.2. The van der Waals surface area contributed by atoms with Crippen molar-refractivity contribution in [2.45, 2.75) is 44.6 Å². The number of carbonyl (C=O) groups is 1. The first-order valence-corrected chi connectivity index (χ1v) is 6.83. The Morgan fingerprint density at radius 1 is 1.12 bits per heavy atom. The van der Waals surface area contributed by atoms with Gasteiger partial charge < -0.3 is 10.6 Å². The van der Waals surface area contributed by atoms with Crippen LogP contribution in [-0.2, 0) is 4.79 Å². The minimum absolute atomic E-state index is 0.390. The second-order valence-electron chi connectivity index (χ2n) is 5.69. The maximum Gasteiger partial charge on any atom is 0.226 e. The van der Waals surface area contributed by atoms with E-state index in [1.165, 1.54) is 38.5 Å². The van der Waals surface area contributed by atoms with Crippen molar-refractivity contribution in [1.82, 2.24) is 4.90 Å². The van der Waals surface area contributed by atoms with Gasteiger partial charge in [0.1, 0.15) is 0 Å². The van der Waals surface area contributed by atoms with Gasteiger partial charge in [0, 0.05) is 25.0 Å². The zero-order valence-corrected chi connectivity index (χ0v) is 9.90. The lowest BCUT2D eigenvalue weighted by Crippen LogP contribution is -2.47. The third kappa shape index (κ3) is 1.56. The van der Waals surface area contributed by atoms with Crippen molar-refractivity contribution in [2.24, 2.45) is 23.5 Å². The molecule has 0 saturated heterocycles. The van der Waals surface area contributed by atoms with Gasteiger partial charge in [-0.05, 0) is 43.9 Å². The highest BCUT2D eigenvalue weighted by Gasteiger charge is 2.57. The Balaban J connectivity index is 1.62. The molecule has 3 nitrogen and oxygen atoms in total. The molecule has 2 atom stereocenters. The van der Waals surface area contributed by atoms with E-state index >= 15 is 0 Å². The molecule has 0 aliphatic heterocycles. The molecule has 0 spiro atoms. The monoisotopic (exact) mass is 222 g/mol. The standard InChI is InChI=1S/C13H22N2O/c14-7-8-15(9-3-1-4-9)13(16)12-10-5-2-6-11(10)12/h9-12H,1-8,14H2. The molecule has 3 rings (SSSR count). The summed E-state index contributed by atoms with van der Waals surface area (Å²) in [7, 11) is 0. The largest absolute Gasteiger partial charge is 0.338 e. The number of nitrogens with zero attached hydrogens (tertiary/aromatic N) is 1. The van der Waals surface area contributed by atoms with Crippen LogP contribution in [-0.4, -0.2) is 29.9 Å². The number of fused-ring (bicyclic) bond motifs is 1. The average Bonchev–Trinajstić information content (AvgIpc) is 2.67. The molecule has 3 fully saturated rings. The maximum atomic E-state index is 12.4. The smallest absolute Gasteiger partial charge is 0.226 e. The van der Waals surface area contributed by atoms with Crippen LogP contribution in [0.25, 0.3) is 0 Å². The van der Waals surface area contributed by atoms with Gasteiger partial charge in [-0.1, -0.05) is 6.42 Å². The summed E-state index contributed by atoms with van der Waals surface area (Å²) in [6.07, 6.45) is 7.63. The van der Waals surface area contributed by atoms with Crippen LogP contribution in [0.5, 0.6) is 0 Å². The zero-order valence-electron chi connectivity index (χ0n) is 9.90. The summed E-state index contributed by atoms with van der Waals surface area (Å²) in [6, 6.07) is 0.525. The quantitative estimate of drug-likeness (QED) is 0.781. The van der Waals surface area contributed by atoms with E-state index in [4.69, 9.17) is 5.73 Å². The Morgan fingerprint density at radius 3 is 2.25 bits per heavy atom. The molecule has 2 N–H and O–H groups in total. The molecule has 90 valence electrons. The van der Waals surface area contributed by atoms with Crippen LogP contribution in [0, 0.1) is 17.8 Å². The van der Waals surface area contributed by atoms with Gasteiger partial charge in [0.05, 0.1) is 0 Å². The molecule has 0 radical (unpaired) electrons. The highest BCUT2D eigenvalue weighted by Crippen LogP contribution is 2.58. The van der Waals surface area contributed by atoms with E-state index in [-0.39, 0.29) is 0 Å². The van der Waals surface area contributed by atoms with E-state index in [0.717, 1.165) is 18.4 Å². The van der Waals surface area contributed by atoms with Crippen molar-refractivity contribution in [2.75, 3.05) is 13.1 Å². The Bertz CT molecular complexity index is 278. The molecule has 2 unspecified atom stereocenters. The topological polar surface area (TPSA) is 46.3 Å². The van der Waals surface area contributed by atoms with Gasteiger partial charge in [-0.3, -0.25) is 4.79 Å². The first-order chi connectivity index (χ1) is 7.83. The molecule has 3 heteroatoms. The van der Waals surface area contributed by atoms with Crippen molar-refractivity contribution < 1.29 is 4.79 Å². The number of rotatable bonds is 4. The van der Waals surface area contributed by atoms with E-state index in [1.54, 1.807) is 0 Å². The summed E-state index contributed by atoms with van der Waals surface area (Å²) < 4.78 is 0. The fraction of sp³-hybridized carbons (Fsp3) is 0.923. The lowest BCUT2D eigenvalue weighted by atomic mass is 9.91. The van der Waals surface area contributed by atoms with Gasteiger partial charge in [0.25, 0.3) is 0 Å². The Morgan fingerprint density at radius 2 is 1.75 bits per heavy atom. The molecule has 0 heterocycles. The summed E-state index contributed by atoms with van der Waals surface area (Å²) in [6.45, 7) is 1.39. The Hall–Kier alpha value is -0.570. The molecule has 3 aliphatic rings. The van der Waals surface area contributed by atoms with Crippen LogP contribution in [0.3, 0.4) is 0 Å². The Labute approximate surface area is 97.4 Å². The lowest BCUT2D eigenvalue weighted by Gasteiger charge is -2.38. The van der Waals surface area contributed by atoms with E-state index in [0.29, 0.717) is 24.4 Å². The van der Waals surface area contributed by atoms with Crippen LogP contribution >= 0.6 is 0 Å². The molecule has 0 aromatic carbocycles. The number of amides is 1. The van der Waals surface area contributed by atoms with Crippen LogP contribution < -0.4 is 5.73 Å². The van der Waals surface area contributed by atoms with Crippen LogP contribution in [0.15, 0.2) is 0 Å². The van der Waals surface area contributed by atoms with Gasteiger partial charge in [0.2, 0.25) is 5.91 Å². The molecular weight excluding hydrogens is 200 g/mol. The number of hydrogen-bond acceptors (Lipinski definition) is 2. The number of nitrogens with two attached hydrogens (primary N) is 1. The SMILES string of the molecule is NCCN(C(=O)C1C2CCCC21)C1CCC1. The summed E-state index contributed by atoms with van der Waals surface area (Å²) in [5, 5.41) is 0. The highest BCUT2D eigenvalue weighted by molar-refractivity contribution is 5.83. The van der Waals surface area contributed by atoms with Crippen molar-refractivity contribution >= 4 is 5.91 Å². The van der Waals surface area contributed by atoms with E-state index < -0.39 is 0 Å². The van der Waals surface area contributed by atoms with Gasteiger partial charge in [0.15, 0.2) is 0 Å². The minimum atomic E-state index is 0.390. The molecule has 0 bridgehead atoms. The van der Waals surface area contributed by atoms with Gasteiger partial charge in [-0.25, -0.2) is 0 Å². The van der Waals surface area contributed by atoms with Gasteiger partial charge >= 0.3 is 0 Å². The van der Waals surface area contributed by atoms with E-state index in [9.17, 15) is 4.79 Å². The predicted octanol–water partition coefficient (Wildman–Crippen LogP) is 1.37. The molecule has 0 aromatic rings. The normalized spacial score (nSPS) is 36.7. The molecule has 16 heavy (non-hydrogen) atoms. The fourth-order valence-corrected chi connectivity index (χ4v) is 3.69. The summed E-state index contributed by atoms with van der Waals surface area (Å²) in [4.78, 5) is 14.5. The fourth-order valence-electron chi connectivity index (χ4n) is 3.69. The van der Waals surface area contributed by atoms with Crippen molar-refractivity contribution in [3.8, 4) is 0 Å². The summed E-state index contributed by atoms with van der Waals surface area (Å²) in [5.74, 6) is 2.31. The lowest BCUT2D eigenvalue weighted by molar-refractivity contribution is -0.137. The summed E-state index contributed by atoms with van der Waals surface area (Å²) >= 11 is 0. The molecule has 3 saturated carbocycles. The third-order valence-electron chi connectivity index (χ3n) is 4.86. The van der Waals surface area contributed by atoms with Crippen molar-refractivity contribution in [3.05, 3.63) is 0 Å². The van der Waals surface area contributed by atoms with E-state index in [2.05, 4.69) is 4.90 Å². The van der Waals surface area contributed by atoms with Crippen molar-refractivity contribution in [3.63, 3.8) is 0 Å². The zero-order chi connectivity index (χ0) is 11.1. The first kappa shape index (κ1) is 10.6. The second kappa shape index (κ2) is 4.02. The second-order valence-corrected chi connectivity index (χ2v) is 5.69. The first-order valence-electron chi connectivity index (χ1n) is 6.83. The van der Waals surface area contributed by atoms with E-state index in [1.807, 2.05) is 0 Å². The molecule has 1 amide bonds. The molecule has 0 aromatic heterocycles. The maximum absolute atomic E-state index is 12.4. The van der Waals surface area contributed by atoms with Crippen molar-refractivity contribution in [1.29, 1.82) is 0 Å². The number of carbonyl (C=O) groups excluding carboxylic acids is 1. The van der Waals surface area contributed by atoms with Crippen LogP contribution in [0.1, 0.15) is 38.5 Å². The third-order valence-corrected chi connectivity index (χ3v) is 4.86. The average molecular weight is 222 g/mol. The molecule has 3 aliphatic carbocycles. The predicted molar refractivity (Wildman–Crippen MR) is 62.7 cm³/mol. The van der Waals surface area contributed by atoms with Gasteiger partial charge in [-0.15, -0.1) is 0 Å². The Kier molecular flexibility index (Phi) is 2.66. The summed E-state index contributed by atoms with van der Waals surface area (Å²) in [5.41, 5.74) is 5.63. The van der Waals surface area contributed by atoms with Gasteiger partial charge in [-0.2, -0.15) is 0 Å².